The van der Waals surface area contributed by atoms with Crippen molar-refractivity contribution in [1.82, 2.24) is 29.3 Å². The molecule has 2 saturated heterocycles. The first-order valence-corrected chi connectivity index (χ1v) is 16.8. The van der Waals surface area contributed by atoms with Crippen LogP contribution in [0.1, 0.15) is 80.4 Å². The molecule has 47 heavy (non-hydrogen) atoms. The van der Waals surface area contributed by atoms with Gasteiger partial charge in [0.15, 0.2) is 5.82 Å². The van der Waals surface area contributed by atoms with Crippen LogP contribution in [0.25, 0.3) is 33.6 Å². The Kier molecular flexibility index (Phi) is 7.09. The van der Waals surface area contributed by atoms with Crippen LogP contribution in [0.15, 0.2) is 30.3 Å². The van der Waals surface area contributed by atoms with Gasteiger partial charge in [-0.25, -0.2) is 18.7 Å². The molecule has 3 N–H and O–H groups in total. The Morgan fingerprint density at radius 1 is 1.11 bits per heavy atom. The van der Waals surface area contributed by atoms with E-state index in [0.29, 0.717) is 63.4 Å². The zero-order valence-corrected chi connectivity index (χ0v) is 27.0. The van der Waals surface area contributed by atoms with Gasteiger partial charge in [-0.1, -0.05) is 0 Å². The third-order valence-corrected chi connectivity index (χ3v) is 11.1. The molecule has 0 unspecified atom stereocenters. The van der Waals surface area contributed by atoms with Gasteiger partial charge in [0.2, 0.25) is 5.91 Å². The summed E-state index contributed by atoms with van der Waals surface area (Å²) < 4.78 is 40.7. The summed E-state index contributed by atoms with van der Waals surface area (Å²) >= 11 is 0. The van der Waals surface area contributed by atoms with E-state index in [1.54, 1.807) is 23.8 Å². The van der Waals surface area contributed by atoms with E-state index in [0.717, 1.165) is 32.1 Å². The second kappa shape index (κ2) is 11.0. The molecule has 2 amide bonds. The van der Waals surface area contributed by atoms with Gasteiger partial charge < -0.3 is 29.8 Å². The number of aryl methyl sites for hydroxylation is 1. The molecule has 4 aliphatic rings. The molecular weight excluding hydrogens is 604 g/mol. The molecule has 3 aliphatic heterocycles. The third kappa shape index (κ3) is 5.06. The lowest BCUT2D eigenvalue weighted by Gasteiger charge is -2.38. The predicted molar refractivity (Wildman–Crippen MR) is 173 cm³/mol. The van der Waals surface area contributed by atoms with Crippen LogP contribution in [-0.4, -0.2) is 67.0 Å². The smallest absolute Gasteiger partial charge is 0.265 e. The highest BCUT2D eigenvalue weighted by molar-refractivity contribution is 6.00. The number of benzene rings is 1. The lowest BCUT2D eigenvalue weighted by atomic mass is 9.97. The van der Waals surface area contributed by atoms with Crippen molar-refractivity contribution < 1.29 is 23.1 Å². The number of hydrogen-bond acceptors (Lipinski definition) is 6. The molecule has 1 aromatic carbocycles. The predicted octanol–water partition coefficient (Wildman–Crippen LogP) is 5.33. The normalized spacial score (nSPS) is 28.7. The fraction of sp³-hybridized carbons (Fsp3) is 0.543. The number of nitrogens with two attached hydrogens (primary N) is 1. The second-order valence-corrected chi connectivity index (χ2v) is 14.1. The number of piperidine rings is 1. The Morgan fingerprint density at radius 2 is 1.91 bits per heavy atom. The molecule has 12 heteroatoms. The molecule has 4 aromatic rings. The molecular formula is C35H41F2N7O3. The number of pyridine rings is 1. The molecule has 248 valence electrons. The fourth-order valence-corrected chi connectivity index (χ4v) is 8.42. The number of methoxy groups -OCH3 is 1. The van der Waals surface area contributed by atoms with E-state index in [1.165, 1.54) is 0 Å². The molecule has 3 fully saturated rings. The highest BCUT2D eigenvalue weighted by Crippen LogP contribution is 2.44. The van der Waals surface area contributed by atoms with Crippen LogP contribution in [0.4, 0.5) is 8.78 Å². The molecule has 8 rings (SSSR count). The number of rotatable bonds is 3. The Hall–Kier alpha value is -4.06. The summed E-state index contributed by atoms with van der Waals surface area (Å²) in [6.07, 6.45) is 5.09. The largest absolute Gasteiger partial charge is 0.494 e. The Bertz CT molecular complexity index is 1920. The zero-order valence-electron chi connectivity index (χ0n) is 27.0. The number of aromatic nitrogens is 4. The summed E-state index contributed by atoms with van der Waals surface area (Å²) in [7, 11) is 3.38. The number of nitrogens with one attached hydrogen (secondary N) is 1. The quantitative estimate of drug-likeness (QED) is 0.311. The Balaban J connectivity index is 1.23. The van der Waals surface area contributed by atoms with Gasteiger partial charge in [-0.2, -0.15) is 0 Å². The van der Waals surface area contributed by atoms with E-state index in [1.807, 2.05) is 41.6 Å². The highest BCUT2D eigenvalue weighted by atomic mass is 19.3. The highest BCUT2D eigenvalue weighted by Gasteiger charge is 2.45. The summed E-state index contributed by atoms with van der Waals surface area (Å²) in [5, 5.41) is 3.78. The number of fused-ring (bicyclic) bond motifs is 5. The van der Waals surface area contributed by atoms with Gasteiger partial charge in [0, 0.05) is 48.5 Å². The molecule has 0 spiro atoms. The standard InChI is InChI=1S/C35H41F2N7O3/c1-18-25-10-6-20-15-28(43(31(20)40-25)17-35(36,37)12-4-5-19-13-23(19)33(45)39-18)32-41-26-14-21(16-29(47-3)30(26)42(32)2)34(46)44-22-7-9-24(38)27(44)11-8-22/h6,10,14-16,18-19,22-24,27H,4-5,7-9,11-13,17,38H2,1-3H3,(H,39,45)/t18-,19-,22-,23-,24-,27-/m1/s1. The van der Waals surface area contributed by atoms with Crippen molar-refractivity contribution in [3.05, 3.63) is 41.6 Å². The van der Waals surface area contributed by atoms with E-state index in [9.17, 15) is 9.59 Å². The van der Waals surface area contributed by atoms with Crippen molar-refractivity contribution >= 4 is 33.9 Å². The van der Waals surface area contributed by atoms with Gasteiger partial charge in [0.05, 0.1) is 36.6 Å². The molecule has 3 aromatic heterocycles. The minimum Gasteiger partial charge on any atom is -0.494 e. The van der Waals surface area contributed by atoms with Crippen molar-refractivity contribution in [2.75, 3.05) is 7.11 Å². The van der Waals surface area contributed by atoms with Crippen molar-refractivity contribution in [3.63, 3.8) is 0 Å². The maximum absolute atomic E-state index is 15.7. The zero-order chi connectivity index (χ0) is 32.8. The summed E-state index contributed by atoms with van der Waals surface area (Å²) in [6, 6.07) is 8.85. The molecule has 10 nitrogen and oxygen atoms in total. The summed E-state index contributed by atoms with van der Waals surface area (Å²) in [4.78, 5) is 38.5. The SMILES string of the molecule is COc1cc(C(=O)N2[C@@H]3CC[C@@H](N)[C@H]2CC3)cc2nc(-c3cc4ccc5nc4n3CC(F)(F)CCC[C@@H]3C[C@H]3C(=O)N[C@@H]5C)n(C)c12. The Labute approximate surface area is 271 Å². The van der Waals surface area contributed by atoms with Gasteiger partial charge in [-0.15, -0.1) is 0 Å². The van der Waals surface area contributed by atoms with Gasteiger partial charge in [0.1, 0.15) is 16.9 Å². The Morgan fingerprint density at radius 3 is 2.72 bits per heavy atom. The first-order valence-electron chi connectivity index (χ1n) is 16.8. The van der Waals surface area contributed by atoms with Gasteiger partial charge in [0.25, 0.3) is 11.8 Å². The van der Waals surface area contributed by atoms with Crippen LogP contribution < -0.4 is 15.8 Å². The summed E-state index contributed by atoms with van der Waals surface area (Å²) in [5.41, 5.74) is 9.59. The van der Waals surface area contributed by atoms with E-state index >= 15 is 8.78 Å². The second-order valence-electron chi connectivity index (χ2n) is 14.1. The van der Waals surface area contributed by atoms with Crippen molar-refractivity contribution in [2.24, 2.45) is 24.6 Å². The monoisotopic (exact) mass is 645 g/mol. The molecule has 1 aliphatic carbocycles. The summed E-state index contributed by atoms with van der Waals surface area (Å²) in [6.45, 7) is 1.32. The molecule has 1 saturated carbocycles. The molecule has 0 radical (unpaired) electrons. The number of alkyl halides is 2. The number of ether oxygens (including phenoxy) is 1. The number of carbonyl (C=O) groups is 2. The van der Waals surface area contributed by atoms with Gasteiger partial charge >= 0.3 is 0 Å². The summed E-state index contributed by atoms with van der Waals surface area (Å²) in [5.74, 6) is -2.14. The van der Waals surface area contributed by atoms with Crippen molar-refractivity contribution in [3.8, 4) is 17.3 Å². The first-order chi connectivity index (χ1) is 22.5. The van der Waals surface area contributed by atoms with Gasteiger partial charge in [-0.3, -0.25) is 9.59 Å². The van der Waals surface area contributed by atoms with Crippen LogP contribution in [-0.2, 0) is 18.4 Å². The van der Waals surface area contributed by atoms with E-state index in [4.69, 9.17) is 20.4 Å². The number of hydrogen-bond donors (Lipinski definition) is 2. The molecule has 6 atom stereocenters. The molecule has 4 bridgehead atoms. The fourth-order valence-electron chi connectivity index (χ4n) is 8.42. The van der Waals surface area contributed by atoms with Crippen LogP contribution in [0, 0.1) is 11.8 Å². The number of imidazole rings is 1. The average molecular weight is 646 g/mol. The maximum Gasteiger partial charge on any atom is 0.265 e. The van der Waals surface area contributed by atoms with Crippen molar-refractivity contribution in [1.29, 1.82) is 0 Å². The minimum atomic E-state index is -3.00. The first kappa shape index (κ1) is 30.3. The van der Waals surface area contributed by atoms with E-state index < -0.39 is 12.5 Å². The maximum atomic E-state index is 15.7. The lowest BCUT2D eigenvalue weighted by molar-refractivity contribution is -0.123. The van der Waals surface area contributed by atoms with Crippen LogP contribution >= 0.6 is 0 Å². The number of halogens is 2. The minimum absolute atomic E-state index is 0.0211. The topological polar surface area (TPSA) is 120 Å². The number of carbonyl (C=O) groups excluding carboxylic acids is 2. The van der Waals surface area contributed by atoms with Crippen LogP contribution in [0.2, 0.25) is 0 Å². The van der Waals surface area contributed by atoms with Crippen LogP contribution in [0.3, 0.4) is 0 Å². The van der Waals surface area contributed by atoms with Crippen LogP contribution in [0.5, 0.6) is 5.75 Å². The average Bonchev–Trinajstić information content (AvgIpc) is 3.47. The lowest BCUT2D eigenvalue weighted by Crippen LogP contribution is -2.53. The number of nitrogens with zero attached hydrogens (tertiary/aromatic N) is 5. The van der Waals surface area contributed by atoms with E-state index in [-0.39, 0.29) is 54.2 Å². The van der Waals surface area contributed by atoms with E-state index in [2.05, 4.69) is 5.32 Å². The van der Waals surface area contributed by atoms with Crippen molar-refractivity contribution in [2.45, 2.75) is 94.9 Å². The van der Waals surface area contributed by atoms with Gasteiger partial charge in [-0.05, 0) is 88.1 Å². The third-order valence-electron chi connectivity index (χ3n) is 11.1. The molecule has 6 heterocycles. The number of amides is 2.